The lowest BCUT2D eigenvalue weighted by Crippen LogP contribution is -2.36. The van der Waals surface area contributed by atoms with Gasteiger partial charge in [0.1, 0.15) is 5.76 Å². The number of benzene rings is 1. The van der Waals surface area contributed by atoms with Gasteiger partial charge in [-0.25, -0.2) is 9.78 Å². The first-order chi connectivity index (χ1) is 11.0. The number of oxazole rings is 1. The fraction of sp³-hybridized carbons (Fsp3) is 0.412. The highest BCUT2D eigenvalue weighted by Crippen LogP contribution is 2.24. The lowest BCUT2D eigenvalue weighted by Gasteiger charge is -2.13. The number of aliphatic hydroxyl groups excluding tert-OH is 1. The maximum Gasteiger partial charge on any atom is 0.319 e. The predicted octanol–water partition coefficient (Wildman–Crippen LogP) is 3.36. The van der Waals surface area contributed by atoms with Gasteiger partial charge in [0.15, 0.2) is 0 Å². The van der Waals surface area contributed by atoms with Crippen LogP contribution in [-0.4, -0.2) is 28.8 Å². The molecule has 0 aliphatic rings. The van der Waals surface area contributed by atoms with Gasteiger partial charge in [0.25, 0.3) is 0 Å². The van der Waals surface area contributed by atoms with Crippen molar-refractivity contribution in [2.75, 3.05) is 11.9 Å². The summed E-state index contributed by atoms with van der Waals surface area (Å²) in [6, 6.07) is 6.92. The van der Waals surface area contributed by atoms with Gasteiger partial charge >= 0.3 is 6.03 Å². The van der Waals surface area contributed by atoms with Gasteiger partial charge in [-0.15, -0.1) is 0 Å². The summed E-state index contributed by atoms with van der Waals surface area (Å²) in [5.41, 5.74) is 1.54. The van der Waals surface area contributed by atoms with Crippen molar-refractivity contribution in [2.45, 2.75) is 39.2 Å². The first kappa shape index (κ1) is 17.0. The van der Waals surface area contributed by atoms with Crippen LogP contribution in [0, 0.1) is 0 Å². The van der Waals surface area contributed by atoms with E-state index in [0.717, 1.165) is 11.3 Å². The Kier molecular flexibility index (Phi) is 5.76. The molecular formula is C17H23N3O3. The van der Waals surface area contributed by atoms with Crippen molar-refractivity contribution in [1.82, 2.24) is 10.3 Å². The van der Waals surface area contributed by atoms with Gasteiger partial charge in [0.05, 0.1) is 6.20 Å². The normalized spacial score (nSPS) is 12.2. The van der Waals surface area contributed by atoms with Crippen LogP contribution in [-0.2, 0) is 0 Å². The van der Waals surface area contributed by atoms with Gasteiger partial charge in [-0.2, -0.15) is 0 Å². The lowest BCUT2D eigenvalue weighted by atomic mass is 10.2. The second kappa shape index (κ2) is 7.78. The number of hydrogen-bond donors (Lipinski definition) is 3. The Bertz CT molecular complexity index is 635. The molecule has 0 unspecified atom stereocenters. The van der Waals surface area contributed by atoms with Gasteiger partial charge in [-0.05, 0) is 37.6 Å². The quantitative estimate of drug-likeness (QED) is 0.762. The third-order valence-electron chi connectivity index (χ3n) is 3.42. The Morgan fingerprint density at radius 1 is 1.26 bits per heavy atom. The number of aliphatic hydroxyl groups is 1. The average molecular weight is 317 g/mol. The van der Waals surface area contributed by atoms with Crippen LogP contribution >= 0.6 is 0 Å². The van der Waals surface area contributed by atoms with Crippen LogP contribution in [0.3, 0.4) is 0 Å². The summed E-state index contributed by atoms with van der Waals surface area (Å²) in [4.78, 5) is 16.1. The molecule has 0 aliphatic heterocycles. The SMILES string of the molecule is CC(C)c1cnc(-c2ccc(NC(=O)N[C@H](C)CCO)cc2)o1. The van der Waals surface area contributed by atoms with Crippen LogP contribution < -0.4 is 10.6 Å². The number of rotatable bonds is 6. The van der Waals surface area contributed by atoms with Crippen molar-refractivity contribution in [3.05, 3.63) is 36.2 Å². The van der Waals surface area contributed by atoms with Crippen LogP contribution in [0.1, 0.15) is 38.9 Å². The highest BCUT2D eigenvalue weighted by Gasteiger charge is 2.10. The zero-order valence-electron chi connectivity index (χ0n) is 13.7. The van der Waals surface area contributed by atoms with Gasteiger partial charge in [-0.3, -0.25) is 0 Å². The lowest BCUT2D eigenvalue weighted by molar-refractivity contribution is 0.241. The van der Waals surface area contributed by atoms with E-state index in [1.165, 1.54) is 0 Å². The summed E-state index contributed by atoms with van der Waals surface area (Å²) in [7, 11) is 0. The Hall–Kier alpha value is -2.34. The first-order valence-corrected chi connectivity index (χ1v) is 7.74. The van der Waals surface area contributed by atoms with Crippen LogP contribution in [0.2, 0.25) is 0 Å². The van der Waals surface area contributed by atoms with Crippen LogP contribution in [0.5, 0.6) is 0 Å². The summed E-state index contributed by atoms with van der Waals surface area (Å²) >= 11 is 0. The largest absolute Gasteiger partial charge is 0.441 e. The molecule has 23 heavy (non-hydrogen) atoms. The summed E-state index contributed by atoms with van der Waals surface area (Å²) < 4.78 is 5.70. The van der Waals surface area contributed by atoms with Gasteiger partial charge < -0.3 is 20.2 Å². The Morgan fingerprint density at radius 3 is 2.52 bits per heavy atom. The van der Waals surface area contributed by atoms with Crippen molar-refractivity contribution in [1.29, 1.82) is 0 Å². The Labute approximate surface area is 135 Å². The van der Waals surface area contributed by atoms with Crippen LogP contribution in [0.15, 0.2) is 34.9 Å². The van der Waals surface area contributed by atoms with Crippen molar-refractivity contribution < 1.29 is 14.3 Å². The number of hydrogen-bond acceptors (Lipinski definition) is 4. The van der Waals surface area contributed by atoms with Crippen molar-refractivity contribution >= 4 is 11.7 Å². The van der Waals surface area contributed by atoms with E-state index in [2.05, 4.69) is 15.6 Å². The molecule has 1 heterocycles. The van der Waals surface area contributed by atoms with E-state index in [0.29, 0.717) is 23.9 Å². The predicted molar refractivity (Wildman–Crippen MR) is 89.3 cm³/mol. The fourth-order valence-electron chi connectivity index (χ4n) is 2.04. The van der Waals surface area contributed by atoms with E-state index in [-0.39, 0.29) is 18.7 Å². The van der Waals surface area contributed by atoms with Gasteiger partial charge in [0, 0.05) is 29.8 Å². The molecule has 1 aromatic carbocycles. The standard InChI is InChI=1S/C17H23N3O3/c1-11(2)15-10-18-16(23-15)13-4-6-14(7-5-13)20-17(22)19-12(3)8-9-21/h4-7,10-12,21H,8-9H2,1-3H3,(H2,19,20,22)/t12-/m1/s1. The summed E-state index contributed by atoms with van der Waals surface area (Å²) in [5.74, 6) is 1.71. The number of carbonyl (C=O) groups is 1. The zero-order valence-corrected chi connectivity index (χ0v) is 13.7. The number of carbonyl (C=O) groups excluding carboxylic acids is 1. The minimum Gasteiger partial charge on any atom is -0.441 e. The van der Waals surface area contributed by atoms with Crippen molar-refractivity contribution in [3.8, 4) is 11.5 Å². The Morgan fingerprint density at radius 2 is 1.96 bits per heavy atom. The first-order valence-electron chi connectivity index (χ1n) is 7.74. The molecule has 0 bridgehead atoms. The maximum absolute atomic E-state index is 11.8. The molecule has 2 aromatic rings. The summed E-state index contributed by atoms with van der Waals surface area (Å²) in [5, 5.41) is 14.3. The molecular weight excluding hydrogens is 294 g/mol. The van der Waals surface area contributed by atoms with Crippen LogP contribution in [0.4, 0.5) is 10.5 Å². The smallest absolute Gasteiger partial charge is 0.319 e. The van der Waals surface area contributed by atoms with E-state index < -0.39 is 0 Å². The molecule has 0 saturated heterocycles. The highest BCUT2D eigenvalue weighted by molar-refractivity contribution is 5.89. The number of aromatic nitrogens is 1. The summed E-state index contributed by atoms with van der Waals surface area (Å²) in [6.45, 7) is 5.99. The van der Waals surface area contributed by atoms with E-state index in [4.69, 9.17) is 9.52 Å². The third kappa shape index (κ3) is 4.82. The van der Waals surface area contributed by atoms with E-state index >= 15 is 0 Å². The van der Waals surface area contributed by atoms with E-state index in [1.807, 2.05) is 32.9 Å². The maximum atomic E-state index is 11.8. The molecule has 1 atom stereocenters. The number of nitrogens with zero attached hydrogens (tertiary/aromatic N) is 1. The zero-order chi connectivity index (χ0) is 16.8. The molecule has 0 saturated carbocycles. The van der Waals surface area contributed by atoms with Gasteiger partial charge in [-0.1, -0.05) is 13.8 Å². The topological polar surface area (TPSA) is 87.4 Å². The van der Waals surface area contributed by atoms with Crippen molar-refractivity contribution in [3.63, 3.8) is 0 Å². The Balaban J connectivity index is 1.97. The summed E-state index contributed by atoms with van der Waals surface area (Å²) in [6.07, 6.45) is 2.26. The minimum atomic E-state index is -0.295. The average Bonchev–Trinajstić information content (AvgIpc) is 2.98. The molecule has 1 aromatic heterocycles. The third-order valence-corrected chi connectivity index (χ3v) is 3.42. The fourth-order valence-corrected chi connectivity index (χ4v) is 2.04. The number of amides is 2. The highest BCUT2D eigenvalue weighted by atomic mass is 16.4. The molecule has 3 N–H and O–H groups in total. The van der Waals surface area contributed by atoms with Crippen molar-refractivity contribution in [2.24, 2.45) is 0 Å². The monoisotopic (exact) mass is 317 g/mol. The molecule has 0 fully saturated rings. The molecule has 6 nitrogen and oxygen atoms in total. The molecule has 2 rings (SSSR count). The second-order valence-corrected chi connectivity index (χ2v) is 5.81. The molecule has 6 heteroatoms. The van der Waals surface area contributed by atoms with E-state index in [9.17, 15) is 4.79 Å². The second-order valence-electron chi connectivity index (χ2n) is 5.81. The molecule has 2 amide bonds. The number of nitrogens with one attached hydrogen (secondary N) is 2. The molecule has 0 aliphatic carbocycles. The van der Waals surface area contributed by atoms with Gasteiger partial charge in [0.2, 0.25) is 5.89 Å². The molecule has 124 valence electrons. The minimum absolute atomic E-state index is 0.0463. The molecule has 0 spiro atoms. The van der Waals surface area contributed by atoms with Crippen LogP contribution in [0.25, 0.3) is 11.5 Å². The molecule has 0 radical (unpaired) electrons. The number of anilines is 1. The number of urea groups is 1. The van der Waals surface area contributed by atoms with E-state index in [1.54, 1.807) is 18.3 Å².